The number of rotatable bonds is 9. The molecule has 0 radical (unpaired) electrons. The number of aromatic nitrogens is 2. The highest BCUT2D eigenvalue weighted by atomic mass is 35.5. The molecule has 0 bridgehead atoms. The molecular weight excluding hydrogens is 378 g/mol. The van der Waals surface area contributed by atoms with E-state index in [1.807, 2.05) is 30.3 Å². The lowest BCUT2D eigenvalue weighted by Gasteiger charge is -2.23. The van der Waals surface area contributed by atoms with E-state index >= 15 is 0 Å². The summed E-state index contributed by atoms with van der Waals surface area (Å²) in [6, 6.07) is 9.53. The van der Waals surface area contributed by atoms with E-state index in [0.29, 0.717) is 26.1 Å². The van der Waals surface area contributed by atoms with E-state index in [9.17, 15) is 13.2 Å². The Bertz CT molecular complexity index is 795. The zero-order valence-corrected chi connectivity index (χ0v) is 16.2. The summed E-state index contributed by atoms with van der Waals surface area (Å²) in [5, 5.41) is 3.83. The molecule has 0 saturated carbocycles. The predicted octanol–water partition coefficient (Wildman–Crippen LogP) is 0.498. The van der Waals surface area contributed by atoms with Gasteiger partial charge in [0.2, 0.25) is 15.9 Å². The molecule has 0 unspecified atom stereocenters. The minimum atomic E-state index is -3.77. The highest BCUT2D eigenvalue weighted by Crippen LogP contribution is 2.08. The van der Waals surface area contributed by atoms with Crippen LogP contribution in [-0.4, -0.2) is 48.6 Å². The Morgan fingerprint density at radius 2 is 2.00 bits per heavy atom. The van der Waals surface area contributed by atoms with E-state index < -0.39 is 10.0 Å². The van der Waals surface area contributed by atoms with E-state index in [2.05, 4.69) is 9.82 Å². The molecule has 0 aliphatic rings. The van der Waals surface area contributed by atoms with Crippen LogP contribution in [0.2, 0.25) is 0 Å². The second-order valence-corrected chi connectivity index (χ2v) is 7.38. The van der Waals surface area contributed by atoms with Gasteiger partial charge in [0.1, 0.15) is 4.90 Å². The number of carbonyl (C=O) groups excluding carboxylic acids is 1. The third-order valence-corrected chi connectivity index (χ3v) is 4.96. The molecule has 0 atom stereocenters. The Labute approximate surface area is 159 Å². The van der Waals surface area contributed by atoms with Crippen molar-refractivity contribution in [1.29, 1.82) is 0 Å². The van der Waals surface area contributed by atoms with Crippen molar-refractivity contribution in [2.24, 2.45) is 12.8 Å². The number of halogens is 1. The van der Waals surface area contributed by atoms with Gasteiger partial charge in [0.15, 0.2) is 0 Å². The Balaban J connectivity index is 0.00000338. The van der Waals surface area contributed by atoms with Gasteiger partial charge in [0.25, 0.3) is 0 Å². The van der Waals surface area contributed by atoms with Crippen LogP contribution in [0, 0.1) is 0 Å². The Morgan fingerprint density at radius 3 is 2.58 bits per heavy atom. The first kappa shape index (κ1) is 22.1. The van der Waals surface area contributed by atoms with Gasteiger partial charge in [-0.1, -0.05) is 30.3 Å². The van der Waals surface area contributed by atoms with Gasteiger partial charge in [-0.05, 0) is 18.5 Å². The van der Waals surface area contributed by atoms with Gasteiger partial charge in [-0.2, -0.15) is 5.10 Å². The highest BCUT2D eigenvalue weighted by molar-refractivity contribution is 7.89. The van der Waals surface area contributed by atoms with Gasteiger partial charge in [0.05, 0.1) is 12.7 Å². The molecule has 0 saturated heterocycles. The van der Waals surface area contributed by atoms with Crippen LogP contribution in [-0.2, 0) is 28.4 Å². The van der Waals surface area contributed by atoms with E-state index in [4.69, 9.17) is 5.73 Å². The molecule has 2 aromatic rings. The summed E-state index contributed by atoms with van der Waals surface area (Å²) < 4.78 is 28.1. The summed E-state index contributed by atoms with van der Waals surface area (Å²) in [7, 11) is -2.14. The fourth-order valence-electron chi connectivity index (χ4n) is 2.27. The number of nitrogens with zero attached hydrogens (tertiary/aromatic N) is 3. The van der Waals surface area contributed by atoms with Crippen molar-refractivity contribution in [2.45, 2.75) is 17.9 Å². The largest absolute Gasteiger partial charge is 0.337 e. The number of carbonyl (C=O) groups is 1. The number of nitrogens with one attached hydrogen (secondary N) is 1. The smallest absolute Gasteiger partial charge is 0.244 e. The molecular formula is C16H24ClN5O3S. The van der Waals surface area contributed by atoms with Crippen molar-refractivity contribution in [1.82, 2.24) is 19.4 Å². The van der Waals surface area contributed by atoms with Crippen LogP contribution in [0.3, 0.4) is 0 Å². The Kier molecular flexibility index (Phi) is 8.73. The maximum atomic E-state index is 12.5. The molecule has 8 nitrogen and oxygen atoms in total. The van der Waals surface area contributed by atoms with Crippen molar-refractivity contribution < 1.29 is 13.2 Å². The van der Waals surface area contributed by atoms with Gasteiger partial charge in [0, 0.05) is 26.3 Å². The first-order chi connectivity index (χ1) is 11.9. The number of sulfonamides is 1. The number of aryl methyl sites for hydroxylation is 1. The van der Waals surface area contributed by atoms with Crippen LogP contribution in [0.1, 0.15) is 12.0 Å². The van der Waals surface area contributed by atoms with Gasteiger partial charge >= 0.3 is 0 Å². The second-order valence-electron chi connectivity index (χ2n) is 5.62. The molecule has 1 heterocycles. The lowest BCUT2D eigenvalue weighted by Crippen LogP contribution is -2.40. The fraction of sp³-hybridized carbons (Fsp3) is 0.375. The lowest BCUT2D eigenvalue weighted by molar-refractivity contribution is -0.130. The van der Waals surface area contributed by atoms with Crippen molar-refractivity contribution in [3.63, 3.8) is 0 Å². The maximum absolute atomic E-state index is 12.5. The topological polar surface area (TPSA) is 110 Å². The quantitative estimate of drug-likeness (QED) is 0.635. The minimum Gasteiger partial charge on any atom is -0.337 e. The molecule has 1 aromatic carbocycles. The third kappa shape index (κ3) is 6.41. The summed E-state index contributed by atoms with van der Waals surface area (Å²) >= 11 is 0. The van der Waals surface area contributed by atoms with E-state index in [-0.39, 0.29) is 29.8 Å². The molecule has 144 valence electrons. The summed E-state index contributed by atoms with van der Waals surface area (Å²) in [5.74, 6) is -0.301. The predicted molar refractivity (Wildman–Crippen MR) is 101 cm³/mol. The first-order valence-electron chi connectivity index (χ1n) is 7.92. The number of hydrogen-bond donors (Lipinski definition) is 2. The van der Waals surface area contributed by atoms with Gasteiger partial charge in [-0.3, -0.25) is 9.48 Å². The monoisotopic (exact) mass is 401 g/mol. The molecule has 1 aromatic heterocycles. The number of benzene rings is 1. The van der Waals surface area contributed by atoms with E-state index in [0.717, 1.165) is 5.56 Å². The third-order valence-electron chi connectivity index (χ3n) is 3.61. The van der Waals surface area contributed by atoms with Crippen molar-refractivity contribution in [3.8, 4) is 0 Å². The summed E-state index contributed by atoms with van der Waals surface area (Å²) in [6.45, 7) is 1.03. The molecule has 3 N–H and O–H groups in total. The molecule has 0 spiro atoms. The van der Waals surface area contributed by atoms with Gasteiger partial charge in [-0.15, -0.1) is 12.4 Å². The van der Waals surface area contributed by atoms with Crippen molar-refractivity contribution in [3.05, 3.63) is 48.3 Å². The number of nitrogens with two attached hydrogens (primary N) is 1. The summed E-state index contributed by atoms with van der Waals surface area (Å²) in [4.78, 5) is 14.1. The van der Waals surface area contributed by atoms with E-state index in [1.165, 1.54) is 17.1 Å². The van der Waals surface area contributed by atoms with Crippen LogP contribution in [0.15, 0.2) is 47.6 Å². The number of hydrogen-bond acceptors (Lipinski definition) is 5. The normalized spacial score (nSPS) is 11.0. The van der Waals surface area contributed by atoms with Crippen LogP contribution >= 0.6 is 12.4 Å². The van der Waals surface area contributed by atoms with Gasteiger partial charge in [-0.25, -0.2) is 13.1 Å². The molecule has 2 rings (SSSR count). The SMILES string of the molecule is Cl.Cn1cc(S(=O)(=O)NCC(=O)N(CCCN)Cc2ccccc2)cn1. The standard InChI is InChI=1S/C16H23N5O3S.ClH/c1-20-13-15(10-18-20)25(23,24)19-11-16(22)21(9-5-8-17)12-14-6-3-2-4-7-14;/h2-4,6-7,10,13,19H,5,8-9,11-12,17H2,1H3;1H. The minimum absolute atomic E-state index is 0. The molecule has 10 heteroatoms. The van der Waals surface area contributed by atoms with Crippen LogP contribution in [0.5, 0.6) is 0 Å². The number of amides is 1. The summed E-state index contributed by atoms with van der Waals surface area (Å²) in [6.07, 6.45) is 3.26. The molecule has 26 heavy (non-hydrogen) atoms. The van der Waals surface area contributed by atoms with Crippen LogP contribution in [0.4, 0.5) is 0 Å². The zero-order valence-electron chi connectivity index (χ0n) is 14.5. The Morgan fingerprint density at radius 1 is 1.31 bits per heavy atom. The summed E-state index contributed by atoms with van der Waals surface area (Å²) in [5.41, 5.74) is 6.51. The van der Waals surface area contributed by atoms with Crippen LogP contribution < -0.4 is 10.5 Å². The first-order valence-corrected chi connectivity index (χ1v) is 9.41. The lowest BCUT2D eigenvalue weighted by atomic mass is 10.2. The molecule has 0 aliphatic carbocycles. The van der Waals surface area contributed by atoms with Crippen molar-refractivity contribution >= 4 is 28.3 Å². The molecule has 1 amide bonds. The zero-order chi connectivity index (χ0) is 18.3. The Hall–Kier alpha value is -1.94. The molecule has 0 aliphatic heterocycles. The van der Waals surface area contributed by atoms with Gasteiger partial charge < -0.3 is 10.6 Å². The van der Waals surface area contributed by atoms with E-state index in [1.54, 1.807) is 11.9 Å². The highest BCUT2D eigenvalue weighted by Gasteiger charge is 2.20. The van der Waals surface area contributed by atoms with Crippen LogP contribution in [0.25, 0.3) is 0 Å². The molecule has 0 fully saturated rings. The fourth-order valence-corrected chi connectivity index (χ4v) is 3.22. The average molecular weight is 402 g/mol. The second kappa shape index (κ2) is 10.3. The maximum Gasteiger partial charge on any atom is 0.244 e. The average Bonchev–Trinajstić information content (AvgIpc) is 3.05. The van der Waals surface area contributed by atoms with Crippen molar-refractivity contribution in [2.75, 3.05) is 19.6 Å².